The van der Waals surface area contributed by atoms with E-state index in [0.29, 0.717) is 12.8 Å². The van der Waals surface area contributed by atoms with Gasteiger partial charge in [-0.2, -0.15) is 0 Å². The van der Waals surface area contributed by atoms with Gasteiger partial charge in [0.05, 0.1) is 6.61 Å². The Bertz CT molecular complexity index is 342. The molecule has 1 amide bonds. The van der Waals surface area contributed by atoms with Crippen molar-refractivity contribution in [2.45, 2.75) is 26.2 Å². The molecule has 1 atom stereocenters. The predicted molar refractivity (Wildman–Crippen MR) is 54.4 cm³/mol. The lowest BCUT2D eigenvalue weighted by Gasteiger charge is -2.14. The summed E-state index contributed by atoms with van der Waals surface area (Å²) in [6.07, 6.45) is -0.999. The fourth-order valence-corrected chi connectivity index (χ4v) is 2.51. The van der Waals surface area contributed by atoms with Crippen molar-refractivity contribution >= 4 is 11.9 Å². The number of halogens is 2. The minimum absolute atomic E-state index is 0.0324. The molecule has 0 N–H and O–H groups in total. The molecule has 2 rings (SSSR count). The van der Waals surface area contributed by atoms with Gasteiger partial charge < -0.3 is 9.64 Å². The minimum Gasteiger partial charge on any atom is -0.459 e. The molecule has 0 aromatic carbocycles. The fourth-order valence-electron chi connectivity index (χ4n) is 2.51. The van der Waals surface area contributed by atoms with Crippen LogP contribution in [0.5, 0.6) is 0 Å². The van der Waals surface area contributed by atoms with Crippen molar-refractivity contribution in [2.75, 3.05) is 19.7 Å². The minimum atomic E-state index is -2.43. The highest BCUT2D eigenvalue weighted by Gasteiger charge is 2.59. The van der Waals surface area contributed by atoms with E-state index < -0.39 is 29.6 Å². The van der Waals surface area contributed by atoms with Gasteiger partial charge in [0.2, 0.25) is 6.43 Å². The molecule has 1 saturated heterocycles. The first-order chi connectivity index (χ1) is 8.00. The highest BCUT2D eigenvalue weighted by molar-refractivity contribution is 6.32. The van der Waals surface area contributed by atoms with Gasteiger partial charge in [0, 0.05) is 19.0 Å². The number of hydrogen-bond acceptors (Lipinski definition) is 3. The molecule has 0 aromatic heterocycles. The fraction of sp³-hybridized carbons (Fsp3) is 0.818. The maximum Gasteiger partial charge on any atom is 0.397 e. The SMILES string of the molecule is CCOC(=O)C(=O)N1CC(C(F)F)C2(CC2)C1. The first-order valence-electron chi connectivity index (χ1n) is 5.74. The van der Waals surface area contributed by atoms with Gasteiger partial charge in [-0.3, -0.25) is 4.79 Å². The number of ether oxygens (including phenoxy) is 1. The molecule has 96 valence electrons. The van der Waals surface area contributed by atoms with Gasteiger partial charge in [-0.05, 0) is 25.2 Å². The average molecular weight is 247 g/mol. The predicted octanol–water partition coefficient (Wildman–Crippen LogP) is 1.05. The van der Waals surface area contributed by atoms with Gasteiger partial charge in [-0.25, -0.2) is 13.6 Å². The Balaban J connectivity index is 2.01. The first kappa shape index (κ1) is 12.3. The highest BCUT2D eigenvalue weighted by atomic mass is 19.3. The molecule has 17 heavy (non-hydrogen) atoms. The molecular formula is C11H15F2NO3. The van der Waals surface area contributed by atoms with Crippen molar-refractivity contribution in [3.63, 3.8) is 0 Å². The zero-order chi connectivity index (χ0) is 12.6. The van der Waals surface area contributed by atoms with Crippen molar-refractivity contribution in [3.8, 4) is 0 Å². The second-order valence-electron chi connectivity index (χ2n) is 4.71. The molecule has 1 heterocycles. The third-order valence-electron chi connectivity index (χ3n) is 3.64. The summed E-state index contributed by atoms with van der Waals surface area (Å²) in [5.41, 5.74) is -0.434. The molecule has 0 bridgehead atoms. The number of amides is 1. The number of alkyl halides is 2. The number of hydrogen-bond donors (Lipinski definition) is 0. The zero-order valence-corrected chi connectivity index (χ0v) is 9.62. The van der Waals surface area contributed by atoms with Crippen LogP contribution in [0.4, 0.5) is 8.78 Å². The molecule has 4 nitrogen and oxygen atoms in total. The normalized spacial score (nSPS) is 25.4. The maximum atomic E-state index is 12.8. The van der Waals surface area contributed by atoms with Crippen molar-refractivity contribution in [2.24, 2.45) is 11.3 Å². The largest absolute Gasteiger partial charge is 0.459 e. The van der Waals surface area contributed by atoms with Crippen LogP contribution in [0.15, 0.2) is 0 Å². The smallest absolute Gasteiger partial charge is 0.397 e. The molecule has 1 spiro atoms. The summed E-state index contributed by atoms with van der Waals surface area (Å²) < 4.78 is 30.2. The standard InChI is InChI=1S/C11H15F2NO3/c1-2-17-10(16)9(15)14-5-7(8(12)13)11(6-14)3-4-11/h7-8H,2-6H2,1H3. The average Bonchev–Trinajstić information content (AvgIpc) is 2.90. The van der Waals surface area contributed by atoms with E-state index in [1.54, 1.807) is 6.92 Å². The van der Waals surface area contributed by atoms with Gasteiger partial charge in [-0.1, -0.05) is 0 Å². The molecule has 2 aliphatic rings. The van der Waals surface area contributed by atoms with Gasteiger partial charge in [0.1, 0.15) is 0 Å². The molecule has 1 unspecified atom stereocenters. The van der Waals surface area contributed by atoms with Crippen molar-refractivity contribution in [3.05, 3.63) is 0 Å². The summed E-state index contributed by atoms with van der Waals surface area (Å²) in [5, 5.41) is 0. The number of likely N-dealkylation sites (tertiary alicyclic amines) is 1. The first-order valence-corrected chi connectivity index (χ1v) is 5.74. The van der Waals surface area contributed by atoms with E-state index in [-0.39, 0.29) is 19.7 Å². The quantitative estimate of drug-likeness (QED) is 0.541. The summed E-state index contributed by atoms with van der Waals surface area (Å²) in [6, 6.07) is 0. The second kappa shape index (κ2) is 4.23. The molecular weight excluding hydrogens is 232 g/mol. The van der Waals surface area contributed by atoms with E-state index in [4.69, 9.17) is 0 Å². The van der Waals surface area contributed by atoms with E-state index in [9.17, 15) is 18.4 Å². The van der Waals surface area contributed by atoms with Gasteiger partial charge in [0.15, 0.2) is 0 Å². The Kier molecular flexibility index (Phi) is 3.05. The Morgan fingerprint density at radius 1 is 1.47 bits per heavy atom. The van der Waals surface area contributed by atoms with E-state index in [2.05, 4.69) is 4.74 Å². The lowest BCUT2D eigenvalue weighted by Crippen LogP contribution is -2.36. The Morgan fingerprint density at radius 2 is 2.12 bits per heavy atom. The van der Waals surface area contributed by atoms with Crippen molar-refractivity contribution in [1.82, 2.24) is 4.90 Å². The van der Waals surface area contributed by atoms with Crippen LogP contribution in [0.3, 0.4) is 0 Å². The number of esters is 1. The summed E-state index contributed by atoms with van der Waals surface area (Å²) in [5.74, 6) is -2.53. The Labute approximate surface area is 97.9 Å². The van der Waals surface area contributed by atoms with Crippen LogP contribution in [-0.4, -0.2) is 42.9 Å². The molecule has 0 radical (unpaired) electrons. The number of carbonyl (C=O) groups is 2. The van der Waals surface area contributed by atoms with E-state index in [1.807, 2.05) is 0 Å². The van der Waals surface area contributed by atoms with Crippen molar-refractivity contribution < 1.29 is 23.1 Å². The molecule has 0 aromatic rings. The zero-order valence-electron chi connectivity index (χ0n) is 9.62. The monoisotopic (exact) mass is 247 g/mol. The maximum absolute atomic E-state index is 12.8. The summed E-state index contributed by atoms with van der Waals surface area (Å²) in [6.45, 7) is 1.94. The van der Waals surface area contributed by atoms with Crippen molar-refractivity contribution in [1.29, 1.82) is 0 Å². The molecule has 2 fully saturated rings. The number of rotatable bonds is 2. The Morgan fingerprint density at radius 3 is 2.53 bits per heavy atom. The van der Waals surface area contributed by atoms with Crippen LogP contribution < -0.4 is 0 Å². The van der Waals surface area contributed by atoms with E-state index >= 15 is 0 Å². The summed E-state index contributed by atoms with van der Waals surface area (Å²) >= 11 is 0. The van der Waals surface area contributed by atoms with Crippen LogP contribution in [0.1, 0.15) is 19.8 Å². The lowest BCUT2D eigenvalue weighted by molar-refractivity contribution is -0.159. The topological polar surface area (TPSA) is 46.6 Å². The van der Waals surface area contributed by atoms with Gasteiger partial charge >= 0.3 is 11.9 Å². The molecule has 1 aliphatic carbocycles. The van der Waals surface area contributed by atoms with Crippen LogP contribution in [0, 0.1) is 11.3 Å². The molecule has 1 aliphatic heterocycles. The van der Waals surface area contributed by atoms with Crippen LogP contribution in [-0.2, 0) is 14.3 Å². The number of carbonyl (C=O) groups excluding carboxylic acids is 2. The summed E-state index contributed by atoms with van der Waals surface area (Å²) in [7, 11) is 0. The van der Waals surface area contributed by atoms with Gasteiger partial charge in [-0.15, -0.1) is 0 Å². The number of nitrogens with zero attached hydrogens (tertiary/aromatic N) is 1. The molecule has 1 saturated carbocycles. The second-order valence-corrected chi connectivity index (χ2v) is 4.71. The van der Waals surface area contributed by atoms with E-state index in [0.717, 1.165) is 0 Å². The third kappa shape index (κ3) is 2.12. The molecule has 6 heteroatoms. The summed E-state index contributed by atoms with van der Waals surface area (Å²) in [4.78, 5) is 24.1. The lowest BCUT2D eigenvalue weighted by atomic mass is 9.93. The Hall–Kier alpha value is -1.20. The van der Waals surface area contributed by atoms with E-state index in [1.165, 1.54) is 4.90 Å². The highest BCUT2D eigenvalue weighted by Crippen LogP contribution is 2.57. The van der Waals surface area contributed by atoms with Crippen LogP contribution in [0.2, 0.25) is 0 Å². The van der Waals surface area contributed by atoms with Gasteiger partial charge in [0.25, 0.3) is 0 Å². The van der Waals surface area contributed by atoms with Crippen LogP contribution in [0.25, 0.3) is 0 Å². The third-order valence-corrected chi connectivity index (χ3v) is 3.64. The van der Waals surface area contributed by atoms with Crippen LogP contribution >= 0.6 is 0 Å².